The molecule has 0 aliphatic carbocycles. The third-order valence-corrected chi connectivity index (χ3v) is 3.21. The fourth-order valence-electron chi connectivity index (χ4n) is 1.96. The smallest absolute Gasteiger partial charge is 0.269 e. The number of nitrogens with zero attached hydrogens (tertiary/aromatic N) is 2. The number of aliphatic imine (C=N–C) groups is 1. The molecule has 0 saturated carbocycles. The Bertz CT molecular complexity index is 641. The summed E-state index contributed by atoms with van der Waals surface area (Å²) in [6.07, 6.45) is 0.543. The minimum Gasteiger partial charge on any atom is -0.394 e. The van der Waals surface area contributed by atoms with Crippen LogP contribution in [0.1, 0.15) is 17.2 Å². The topological polar surface area (TPSA) is 96.0 Å². The van der Waals surface area contributed by atoms with E-state index >= 15 is 0 Å². The molecule has 6 nitrogen and oxygen atoms in total. The normalized spacial score (nSPS) is 13.9. The minimum absolute atomic E-state index is 0.0516. The Morgan fingerprint density at radius 2 is 1.77 bits per heavy atom. The molecule has 0 spiro atoms. The molecular weight excluding hydrogens is 284 g/mol. The number of aliphatic hydroxyl groups excluding tert-OH is 2. The van der Waals surface area contributed by atoms with Crippen LogP contribution in [-0.2, 0) is 0 Å². The minimum atomic E-state index is -1.04. The van der Waals surface area contributed by atoms with Crippen LogP contribution in [0.5, 0.6) is 0 Å². The van der Waals surface area contributed by atoms with E-state index in [1.807, 2.05) is 30.3 Å². The molecule has 0 bridgehead atoms. The highest BCUT2D eigenvalue weighted by atomic mass is 16.6. The molecule has 0 aliphatic heterocycles. The van der Waals surface area contributed by atoms with E-state index in [9.17, 15) is 20.3 Å². The third kappa shape index (κ3) is 3.97. The average Bonchev–Trinajstić information content (AvgIpc) is 2.56. The van der Waals surface area contributed by atoms with Gasteiger partial charge in [0.1, 0.15) is 12.1 Å². The number of rotatable bonds is 6. The monoisotopic (exact) mass is 300 g/mol. The van der Waals surface area contributed by atoms with Crippen molar-refractivity contribution in [1.82, 2.24) is 0 Å². The van der Waals surface area contributed by atoms with E-state index in [1.54, 1.807) is 6.21 Å². The van der Waals surface area contributed by atoms with Gasteiger partial charge in [0.2, 0.25) is 0 Å². The Hall–Kier alpha value is -2.57. The lowest BCUT2D eigenvalue weighted by molar-refractivity contribution is -0.384. The summed E-state index contributed by atoms with van der Waals surface area (Å²) in [6, 6.07) is 14.1. The molecule has 2 atom stereocenters. The molecule has 6 heteroatoms. The van der Waals surface area contributed by atoms with E-state index in [4.69, 9.17) is 0 Å². The predicted octanol–water partition coefficient (Wildman–Crippen LogP) is 2.11. The van der Waals surface area contributed by atoms with Crippen molar-refractivity contribution in [3.8, 4) is 0 Å². The Morgan fingerprint density at radius 1 is 1.14 bits per heavy atom. The summed E-state index contributed by atoms with van der Waals surface area (Å²) >= 11 is 0. The number of hydrogen-bond acceptors (Lipinski definition) is 5. The van der Waals surface area contributed by atoms with Gasteiger partial charge in [-0.05, 0) is 23.3 Å². The molecule has 0 aliphatic rings. The zero-order chi connectivity index (χ0) is 15.9. The second kappa shape index (κ2) is 7.44. The van der Waals surface area contributed by atoms with Gasteiger partial charge in [0.05, 0.1) is 11.5 Å². The molecular formula is C16H16N2O4. The van der Waals surface area contributed by atoms with Crippen LogP contribution in [0.2, 0.25) is 0 Å². The van der Waals surface area contributed by atoms with Crippen LogP contribution in [0.4, 0.5) is 5.69 Å². The standard InChI is InChI=1S/C16H16N2O4/c19-11-15(17-10-12-4-2-1-3-5-12)16(20)13-6-8-14(9-7-13)18(21)22/h1-10,15-16,19-20H,11H2. The van der Waals surface area contributed by atoms with Crippen LogP contribution < -0.4 is 0 Å². The SMILES string of the molecule is O=[N+]([O-])c1ccc(C(O)C(CO)N=Cc2ccccc2)cc1. The average molecular weight is 300 g/mol. The second-order valence-electron chi connectivity index (χ2n) is 4.73. The first kappa shape index (κ1) is 15.8. The van der Waals surface area contributed by atoms with Gasteiger partial charge in [0.15, 0.2) is 0 Å². The van der Waals surface area contributed by atoms with Crippen molar-refractivity contribution in [2.45, 2.75) is 12.1 Å². The Kier molecular flexibility index (Phi) is 5.35. The molecule has 0 amide bonds. The van der Waals surface area contributed by atoms with Crippen LogP contribution in [0, 0.1) is 10.1 Å². The fraction of sp³-hybridized carbons (Fsp3) is 0.188. The summed E-state index contributed by atoms with van der Waals surface area (Å²) in [5, 5.41) is 30.3. The molecule has 0 saturated heterocycles. The highest BCUT2D eigenvalue weighted by Crippen LogP contribution is 2.22. The molecule has 114 valence electrons. The summed E-state index contributed by atoms with van der Waals surface area (Å²) in [5.74, 6) is 0. The van der Waals surface area contributed by atoms with Crippen molar-refractivity contribution < 1.29 is 15.1 Å². The van der Waals surface area contributed by atoms with E-state index in [-0.39, 0.29) is 12.3 Å². The van der Waals surface area contributed by atoms with Gasteiger partial charge >= 0.3 is 0 Å². The van der Waals surface area contributed by atoms with E-state index in [1.165, 1.54) is 24.3 Å². The largest absolute Gasteiger partial charge is 0.394 e. The molecule has 0 fully saturated rings. The second-order valence-corrected chi connectivity index (χ2v) is 4.73. The fourth-order valence-corrected chi connectivity index (χ4v) is 1.96. The highest BCUT2D eigenvalue weighted by Gasteiger charge is 2.19. The van der Waals surface area contributed by atoms with Gasteiger partial charge in [-0.15, -0.1) is 0 Å². The van der Waals surface area contributed by atoms with Gasteiger partial charge in [-0.1, -0.05) is 30.3 Å². The maximum absolute atomic E-state index is 10.6. The maximum atomic E-state index is 10.6. The summed E-state index contributed by atoms with van der Waals surface area (Å²) < 4.78 is 0. The number of benzene rings is 2. The summed E-state index contributed by atoms with van der Waals surface area (Å²) in [5.41, 5.74) is 1.27. The first-order valence-electron chi connectivity index (χ1n) is 6.73. The zero-order valence-corrected chi connectivity index (χ0v) is 11.7. The Balaban J connectivity index is 2.12. The molecule has 2 aromatic rings. The van der Waals surface area contributed by atoms with Crippen molar-refractivity contribution in [3.05, 3.63) is 75.8 Å². The molecule has 0 heterocycles. The van der Waals surface area contributed by atoms with E-state index in [0.717, 1.165) is 5.56 Å². The first-order valence-corrected chi connectivity index (χ1v) is 6.73. The highest BCUT2D eigenvalue weighted by molar-refractivity contribution is 5.79. The molecule has 2 N–H and O–H groups in total. The summed E-state index contributed by atoms with van der Waals surface area (Å²) in [4.78, 5) is 14.3. The van der Waals surface area contributed by atoms with Crippen molar-refractivity contribution in [2.75, 3.05) is 6.61 Å². The van der Waals surface area contributed by atoms with Crippen molar-refractivity contribution in [1.29, 1.82) is 0 Å². The number of non-ortho nitro benzene ring substituents is 1. The van der Waals surface area contributed by atoms with Crippen LogP contribution >= 0.6 is 0 Å². The van der Waals surface area contributed by atoms with Gasteiger partial charge < -0.3 is 10.2 Å². The molecule has 0 radical (unpaired) electrons. The maximum Gasteiger partial charge on any atom is 0.269 e. The lowest BCUT2D eigenvalue weighted by atomic mass is 10.0. The van der Waals surface area contributed by atoms with Gasteiger partial charge in [-0.25, -0.2) is 0 Å². The van der Waals surface area contributed by atoms with E-state index < -0.39 is 17.1 Å². The lowest BCUT2D eigenvalue weighted by Gasteiger charge is -2.17. The number of nitro groups is 1. The van der Waals surface area contributed by atoms with E-state index in [2.05, 4.69) is 4.99 Å². The first-order chi connectivity index (χ1) is 10.6. The van der Waals surface area contributed by atoms with Crippen LogP contribution in [0.15, 0.2) is 59.6 Å². The predicted molar refractivity (Wildman–Crippen MR) is 83.0 cm³/mol. The molecule has 22 heavy (non-hydrogen) atoms. The molecule has 2 aromatic carbocycles. The van der Waals surface area contributed by atoms with Gasteiger partial charge in [0.25, 0.3) is 5.69 Å². The van der Waals surface area contributed by atoms with Crippen molar-refractivity contribution in [2.24, 2.45) is 4.99 Å². The quantitative estimate of drug-likeness (QED) is 0.485. The summed E-state index contributed by atoms with van der Waals surface area (Å²) in [6.45, 7) is -0.332. The van der Waals surface area contributed by atoms with Gasteiger partial charge in [-0.2, -0.15) is 0 Å². The Labute approximate surface area is 127 Å². The van der Waals surface area contributed by atoms with Gasteiger partial charge in [0, 0.05) is 18.3 Å². The van der Waals surface area contributed by atoms with Gasteiger partial charge in [-0.3, -0.25) is 15.1 Å². The van der Waals surface area contributed by atoms with E-state index in [0.29, 0.717) is 5.56 Å². The molecule has 2 rings (SSSR count). The molecule has 0 aromatic heterocycles. The number of nitro benzene ring substituents is 1. The summed E-state index contributed by atoms with van der Waals surface area (Å²) in [7, 11) is 0. The van der Waals surface area contributed by atoms with Crippen LogP contribution in [0.3, 0.4) is 0 Å². The number of hydrogen-bond donors (Lipinski definition) is 2. The Morgan fingerprint density at radius 3 is 2.32 bits per heavy atom. The van der Waals surface area contributed by atoms with Crippen molar-refractivity contribution >= 4 is 11.9 Å². The number of aliphatic hydroxyl groups is 2. The third-order valence-electron chi connectivity index (χ3n) is 3.21. The van der Waals surface area contributed by atoms with Crippen molar-refractivity contribution in [3.63, 3.8) is 0 Å². The molecule has 2 unspecified atom stereocenters. The lowest BCUT2D eigenvalue weighted by Crippen LogP contribution is -2.21. The van der Waals surface area contributed by atoms with Crippen LogP contribution in [-0.4, -0.2) is 34.0 Å². The zero-order valence-electron chi connectivity index (χ0n) is 11.7. The van der Waals surface area contributed by atoms with Crippen LogP contribution in [0.25, 0.3) is 0 Å².